The van der Waals surface area contributed by atoms with Crippen molar-refractivity contribution in [3.8, 4) is 11.5 Å². The molecule has 0 aliphatic rings. The summed E-state index contributed by atoms with van der Waals surface area (Å²) in [6.07, 6.45) is 0. The fraction of sp³-hybridized carbons (Fsp3) is 0.0769. The molecule has 0 N–H and O–H groups in total. The van der Waals surface area contributed by atoms with E-state index in [1.807, 2.05) is 0 Å². The number of aryl methyl sites for hydroxylation is 1. The summed E-state index contributed by atoms with van der Waals surface area (Å²) in [6.45, 7) is 1.45. The molecule has 0 bridgehead atoms. The van der Waals surface area contributed by atoms with Crippen molar-refractivity contribution in [1.29, 1.82) is 0 Å². The van der Waals surface area contributed by atoms with E-state index in [1.54, 1.807) is 0 Å². The molecule has 2 aromatic rings. The van der Waals surface area contributed by atoms with Gasteiger partial charge in [-0.2, -0.15) is 0 Å². The number of benzene rings is 2. The van der Waals surface area contributed by atoms with Crippen molar-refractivity contribution in [2.45, 2.75) is 6.92 Å². The smallest absolute Gasteiger partial charge is 0.275 e. The van der Waals surface area contributed by atoms with E-state index in [0.29, 0.717) is 4.47 Å². The minimum absolute atomic E-state index is 0.166. The van der Waals surface area contributed by atoms with Gasteiger partial charge in [-0.3, -0.25) is 10.1 Å². The monoisotopic (exact) mass is 343 g/mol. The molecule has 0 radical (unpaired) electrons. The highest BCUT2D eigenvalue weighted by molar-refractivity contribution is 9.10. The van der Waals surface area contributed by atoms with E-state index in [-0.39, 0.29) is 22.7 Å². The van der Waals surface area contributed by atoms with E-state index in [1.165, 1.54) is 25.1 Å². The summed E-state index contributed by atoms with van der Waals surface area (Å²) in [5, 5.41) is 10.7. The maximum absolute atomic E-state index is 13.7. The van der Waals surface area contributed by atoms with Crippen LogP contribution in [-0.2, 0) is 0 Å². The SMILES string of the molecule is Cc1cc(Oc2ccc(Br)cc2F)c(F)cc1[N+](=O)[O-]. The standard InChI is InChI=1S/C13H8BrF2NO3/c1-7-4-13(10(16)6-11(7)17(18)19)20-12-3-2-8(14)5-9(12)15/h2-6H,1H3. The Bertz CT molecular complexity index is 692. The lowest BCUT2D eigenvalue weighted by Gasteiger charge is -2.09. The molecule has 0 aromatic heterocycles. The number of hydrogen-bond donors (Lipinski definition) is 0. The molecular formula is C13H8BrF2NO3. The van der Waals surface area contributed by atoms with Crippen molar-refractivity contribution in [2.75, 3.05) is 0 Å². The number of hydrogen-bond acceptors (Lipinski definition) is 3. The van der Waals surface area contributed by atoms with Crippen molar-refractivity contribution in [2.24, 2.45) is 0 Å². The molecule has 7 heteroatoms. The molecule has 104 valence electrons. The third-order valence-electron chi connectivity index (χ3n) is 2.56. The van der Waals surface area contributed by atoms with Crippen LogP contribution in [0, 0.1) is 28.7 Å². The highest BCUT2D eigenvalue weighted by atomic mass is 79.9. The zero-order valence-electron chi connectivity index (χ0n) is 10.2. The largest absolute Gasteiger partial charge is 0.451 e. The molecule has 0 atom stereocenters. The van der Waals surface area contributed by atoms with Crippen LogP contribution in [0.1, 0.15) is 5.56 Å². The van der Waals surface area contributed by atoms with Crippen LogP contribution in [-0.4, -0.2) is 4.92 Å². The lowest BCUT2D eigenvalue weighted by molar-refractivity contribution is -0.385. The Balaban J connectivity index is 2.39. The Morgan fingerprint density at radius 3 is 2.40 bits per heavy atom. The van der Waals surface area contributed by atoms with E-state index in [4.69, 9.17) is 4.74 Å². The van der Waals surface area contributed by atoms with E-state index < -0.39 is 16.6 Å². The van der Waals surface area contributed by atoms with Gasteiger partial charge < -0.3 is 4.74 Å². The molecule has 4 nitrogen and oxygen atoms in total. The first-order chi connectivity index (χ1) is 9.38. The van der Waals surface area contributed by atoms with Crippen LogP contribution in [0.15, 0.2) is 34.8 Å². The highest BCUT2D eigenvalue weighted by Gasteiger charge is 2.17. The zero-order valence-corrected chi connectivity index (χ0v) is 11.8. The summed E-state index contributed by atoms with van der Waals surface area (Å²) in [6, 6.07) is 5.95. The second-order valence-electron chi connectivity index (χ2n) is 4.00. The molecule has 2 aromatic carbocycles. The van der Waals surface area contributed by atoms with Gasteiger partial charge >= 0.3 is 0 Å². The Morgan fingerprint density at radius 2 is 1.80 bits per heavy atom. The van der Waals surface area contributed by atoms with Crippen molar-refractivity contribution < 1.29 is 18.4 Å². The topological polar surface area (TPSA) is 52.4 Å². The lowest BCUT2D eigenvalue weighted by atomic mass is 10.2. The van der Waals surface area contributed by atoms with Gasteiger partial charge in [0.2, 0.25) is 0 Å². The summed E-state index contributed by atoms with van der Waals surface area (Å²) in [5.74, 6) is -2.03. The first-order valence-electron chi connectivity index (χ1n) is 5.46. The highest BCUT2D eigenvalue weighted by Crippen LogP contribution is 2.32. The lowest BCUT2D eigenvalue weighted by Crippen LogP contribution is -1.96. The summed E-state index contributed by atoms with van der Waals surface area (Å²) in [5.41, 5.74) is -0.130. The number of ether oxygens (including phenoxy) is 1. The maximum atomic E-state index is 13.7. The molecule has 0 unspecified atom stereocenters. The molecule has 0 aliphatic heterocycles. The van der Waals surface area contributed by atoms with Crippen LogP contribution in [0.3, 0.4) is 0 Å². The van der Waals surface area contributed by atoms with Gasteiger partial charge in [-0.25, -0.2) is 8.78 Å². The minimum Gasteiger partial charge on any atom is -0.451 e. The van der Waals surface area contributed by atoms with Crippen LogP contribution < -0.4 is 4.74 Å². The number of nitrogens with zero attached hydrogens (tertiary/aromatic N) is 1. The molecule has 0 heterocycles. The van der Waals surface area contributed by atoms with Crippen LogP contribution in [0.2, 0.25) is 0 Å². The fourth-order valence-electron chi connectivity index (χ4n) is 1.60. The summed E-state index contributed by atoms with van der Waals surface area (Å²) < 4.78 is 32.9. The van der Waals surface area contributed by atoms with Crippen molar-refractivity contribution in [3.63, 3.8) is 0 Å². The van der Waals surface area contributed by atoms with Crippen molar-refractivity contribution >= 4 is 21.6 Å². The third kappa shape index (κ3) is 2.93. The molecule has 0 spiro atoms. The predicted molar refractivity (Wildman–Crippen MR) is 72.0 cm³/mol. The molecule has 0 saturated heterocycles. The molecule has 0 saturated carbocycles. The summed E-state index contributed by atoms with van der Waals surface area (Å²) >= 11 is 3.09. The summed E-state index contributed by atoms with van der Waals surface area (Å²) in [7, 11) is 0. The Hall–Kier alpha value is -2.02. The van der Waals surface area contributed by atoms with Gasteiger partial charge in [0.15, 0.2) is 23.1 Å². The molecule has 2 rings (SSSR count). The van der Waals surface area contributed by atoms with Gasteiger partial charge in [0.1, 0.15) is 0 Å². The average Bonchev–Trinajstić information content (AvgIpc) is 2.36. The van der Waals surface area contributed by atoms with Crippen molar-refractivity contribution in [3.05, 3.63) is 62.1 Å². The second kappa shape index (κ2) is 5.54. The normalized spacial score (nSPS) is 10.4. The van der Waals surface area contributed by atoms with Gasteiger partial charge in [0.25, 0.3) is 5.69 Å². The minimum atomic E-state index is -0.926. The Kier molecular flexibility index (Phi) is 3.99. The average molecular weight is 344 g/mol. The van der Waals surface area contributed by atoms with Crippen LogP contribution in [0.4, 0.5) is 14.5 Å². The van der Waals surface area contributed by atoms with E-state index in [0.717, 1.165) is 12.1 Å². The molecular weight excluding hydrogens is 336 g/mol. The molecule has 0 amide bonds. The maximum Gasteiger partial charge on any atom is 0.275 e. The number of rotatable bonds is 3. The Morgan fingerprint density at radius 1 is 1.15 bits per heavy atom. The van der Waals surface area contributed by atoms with Gasteiger partial charge in [0.05, 0.1) is 11.0 Å². The van der Waals surface area contributed by atoms with Crippen LogP contribution >= 0.6 is 15.9 Å². The first kappa shape index (κ1) is 14.4. The molecule has 20 heavy (non-hydrogen) atoms. The van der Waals surface area contributed by atoms with Gasteiger partial charge in [-0.1, -0.05) is 15.9 Å². The van der Waals surface area contributed by atoms with E-state index in [2.05, 4.69) is 15.9 Å². The van der Waals surface area contributed by atoms with Gasteiger partial charge in [0, 0.05) is 10.0 Å². The second-order valence-corrected chi connectivity index (χ2v) is 4.92. The fourth-order valence-corrected chi connectivity index (χ4v) is 1.93. The number of nitro benzene ring substituents is 1. The third-order valence-corrected chi connectivity index (χ3v) is 3.05. The molecule has 0 aliphatic carbocycles. The number of halogens is 3. The van der Waals surface area contributed by atoms with E-state index in [9.17, 15) is 18.9 Å². The predicted octanol–water partition coefficient (Wildman–Crippen LogP) is 4.74. The Labute approximate surface area is 121 Å². The number of nitro groups is 1. The van der Waals surface area contributed by atoms with Gasteiger partial charge in [-0.05, 0) is 31.2 Å². The zero-order chi connectivity index (χ0) is 14.9. The van der Waals surface area contributed by atoms with Crippen LogP contribution in [0.5, 0.6) is 11.5 Å². The van der Waals surface area contributed by atoms with E-state index >= 15 is 0 Å². The van der Waals surface area contributed by atoms with Crippen molar-refractivity contribution in [1.82, 2.24) is 0 Å². The molecule has 0 fully saturated rings. The quantitative estimate of drug-likeness (QED) is 0.597. The first-order valence-corrected chi connectivity index (χ1v) is 6.25. The van der Waals surface area contributed by atoms with Crippen LogP contribution in [0.25, 0.3) is 0 Å². The summed E-state index contributed by atoms with van der Waals surface area (Å²) in [4.78, 5) is 9.98. The van der Waals surface area contributed by atoms with Gasteiger partial charge in [-0.15, -0.1) is 0 Å².